The summed E-state index contributed by atoms with van der Waals surface area (Å²) in [4.78, 5) is 4.34. The van der Waals surface area contributed by atoms with E-state index >= 15 is 0 Å². The van der Waals surface area contributed by atoms with Gasteiger partial charge < -0.3 is 5.11 Å². The van der Waals surface area contributed by atoms with Gasteiger partial charge in [-0.3, -0.25) is 0 Å². The fourth-order valence-electron chi connectivity index (χ4n) is 0.921. The number of aromatic nitrogens is 1. The summed E-state index contributed by atoms with van der Waals surface area (Å²) in [5.74, 6) is 0. The molecule has 0 bridgehead atoms. The highest BCUT2D eigenvalue weighted by atomic mass is 32.1. The highest BCUT2D eigenvalue weighted by Gasteiger charge is 2.18. The molecule has 0 aromatic carbocycles. The van der Waals surface area contributed by atoms with Crippen molar-refractivity contribution in [3.05, 3.63) is 16.1 Å². The number of aliphatic hydroxyl groups is 1. The van der Waals surface area contributed by atoms with Gasteiger partial charge >= 0.3 is 0 Å². The molecular weight excluding hydrogens is 170 g/mol. The summed E-state index contributed by atoms with van der Waals surface area (Å²) >= 11 is 1.63. The lowest BCUT2D eigenvalue weighted by Crippen LogP contribution is -2.15. The molecule has 3 heteroatoms. The molecule has 0 aliphatic carbocycles. The first-order chi connectivity index (χ1) is 5.54. The van der Waals surface area contributed by atoms with Gasteiger partial charge in [0.25, 0.3) is 0 Å². The number of aryl methyl sites for hydroxylation is 1. The van der Waals surface area contributed by atoms with Crippen LogP contribution in [0.4, 0.5) is 0 Å². The van der Waals surface area contributed by atoms with E-state index in [1.165, 1.54) is 0 Å². The molecule has 0 spiro atoms. The lowest BCUT2D eigenvalue weighted by molar-refractivity contribution is 0.0743. The normalized spacial score (nSPS) is 12.0. The quantitative estimate of drug-likeness (QED) is 0.784. The van der Waals surface area contributed by atoms with Gasteiger partial charge in [0.15, 0.2) is 0 Å². The zero-order valence-electron chi connectivity index (χ0n) is 7.79. The van der Waals surface area contributed by atoms with Crippen LogP contribution in [0.15, 0.2) is 5.38 Å². The number of thiazole rings is 1. The number of hydrogen-bond donors (Lipinski definition) is 1. The van der Waals surface area contributed by atoms with Crippen molar-refractivity contribution in [3.63, 3.8) is 0 Å². The Bertz CT molecular complexity index is 249. The molecule has 68 valence electrons. The van der Waals surface area contributed by atoms with Crippen molar-refractivity contribution in [2.24, 2.45) is 0 Å². The molecule has 12 heavy (non-hydrogen) atoms. The third kappa shape index (κ3) is 2.29. The lowest BCUT2D eigenvalue weighted by atomic mass is 10.1. The van der Waals surface area contributed by atoms with E-state index in [0.717, 1.165) is 23.5 Å². The van der Waals surface area contributed by atoms with Crippen LogP contribution in [-0.2, 0) is 12.0 Å². The van der Waals surface area contributed by atoms with Gasteiger partial charge in [0.2, 0.25) is 0 Å². The first kappa shape index (κ1) is 9.68. The van der Waals surface area contributed by atoms with Crippen molar-refractivity contribution in [1.82, 2.24) is 4.98 Å². The van der Waals surface area contributed by atoms with Crippen molar-refractivity contribution < 1.29 is 5.11 Å². The molecular formula is C9H15NOS. The van der Waals surface area contributed by atoms with Gasteiger partial charge in [0, 0.05) is 5.38 Å². The molecule has 1 N–H and O–H groups in total. The van der Waals surface area contributed by atoms with E-state index in [1.807, 2.05) is 5.38 Å². The molecule has 2 nitrogen and oxygen atoms in total. The van der Waals surface area contributed by atoms with Gasteiger partial charge in [-0.25, -0.2) is 4.98 Å². The molecule has 0 aliphatic rings. The fraction of sp³-hybridized carbons (Fsp3) is 0.667. The summed E-state index contributed by atoms with van der Waals surface area (Å²) in [6.07, 6.45) is 2.12. The van der Waals surface area contributed by atoms with Gasteiger partial charge in [-0.05, 0) is 26.7 Å². The van der Waals surface area contributed by atoms with Crippen LogP contribution in [0.1, 0.15) is 37.9 Å². The van der Waals surface area contributed by atoms with Crippen molar-refractivity contribution in [2.45, 2.75) is 39.2 Å². The average Bonchev–Trinajstić information content (AvgIpc) is 2.35. The summed E-state index contributed by atoms with van der Waals surface area (Å²) in [6, 6.07) is 0. The van der Waals surface area contributed by atoms with Crippen LogP contribution in [0, 0.1) is 0 Å². The summed E-state index contributed by atoms with van der Waals surface area (Å²) < 4.78 is 0. The second-order valence-corrected chi connectivity index (χ2v) is 4.38. The number of nitrogens with zero attached hydrogens (tertiary/aromatic N) is 1. The monoisotopic (exact) mass is 185 g/mol. The van der Waals surface area contributed by atoms with Gasteiger partial charge in [-0.1, -0.05) is 6.92 Å². The van der Waals surface area contributed by atoms with E-state index in [0.29, 0.717) is 0 Å². The molecule has 0 atom stereocenters. The van der Waals surface area contributed by atoms with Gasteiger partial charge in [-0.2, -0.15) is 0 Å². The first-order valence-corrected chi connectivity index (χ1v) is 5.09. The van der Waals surface area contributed by atoms with Crippen molar-refractivity contribution >= 4 is 11.3 Å². The maximum atomic E-state index is 9.61. The fourth-order valence-corrected chi connectivity index (χ4v) is 1.98. The predicted octanol–water partition coefficient (Wildman–Crippen LogP) is 2.32. The van der Waals surface area contributed by atoms with Gasteiger partial charge in [0.05, 0.1) is 10.7 Å². The second kappa shape index (κ2) is 3.54. The second-order valence-electron chi connectivity index (χ2n) is 3.44. The minimum Gasteiger partial charge on any atom is -0.384 e. The first-order valence-electron chi connectivity index (χ1n) is 4.21. The van der Waals surface area contributed by atoms with Gasteiger partial charge in [0.1, 0.15) is 5.60 Å². The molecule has 0 radical (unpaired) electrons. The van der Waals surface area contributed by atoms with E-state index in [9.17, 15) is 5.11 Å². The van der Waals surface area contributed by atoms with Crippen molar-refractivity contribution in [3.8, 4) is 0 Å². The maximum Gasteiger partial charge on any atom is 0.102 e. The van der Waals surface area contributed by atoms with Crippen LogP contribution >= 0.6 is 11.3 Å². The molecule has 1 heterocycles. The SMILES string of the molecule is CCCc1nc(C(C)(C)O)cs1. The Morgan fingerprint density at radius 1 is 1.58 bits per heavy atom. The van der Waals surface area contributed by atoms with Crippen LogP contribution in [0.3, 0.4) is 0 Å². The van der Waals surface area contributed by atoms with Crippen molar-refractivity contribution in [1.29, 1.82) is 0 Å². The summed E-state index contributed by atoms with van der Waals surface area (Å²) in [5, 5.41) is 12.7. The predicted molar refractivity (Wildman–Crippen MR) is 51.4 cm³/mol. The Morgan fingerprint density at radius 3 is 2.67 bits per heavy atom. The van der Waals surface area contributed by atoms with E-state index < -0.39 is 5.60 Å². The summed E-state index contributed by atoms with van der Waals surface area (Å²) in [5.41, 5.74) is -0.00128. The van der Waals surface area contributed by atoms with E-state index in [-0.39, 0.29) is 0 Å². The molecule has 0 unspecified atom stereocenters. The average molecular weight is 185 g/mol. The van der Waals surface area contributed by atoms with E-state index in [4.69, 9.17) is 0 Å². The van der Waals surface area contributed by atoms with Crippen LogP contribution in [0.2, 0.25) is 0 Å². The third-order valence-corrected chi connectivity index (χ3v) is 2.55. The Kier molecular flexibility index (Phi) is 2.85. The molecule has 1 rings (SSSR count). The lowest BCUT2D eigenvalue weighted by Gasteiger charge is -2.12. The van der Waals surface area contributed by atoms with Crippen LogP contribution in [-0.4, -0.2) is 10.1 Å². The minimum absolute atomic E-state index is 0.788. The topological polar surface area (TPSA) is 33.1 Å². The summed E-state index contributed by atoms with van der Waals surface area (Å²) in [7, 11) is 0. The standard InChI is InChI=1S/C9H15NOS/c1-4-5-8-10-7(6-12-8)9(2,3)11/h6,11H,4-5H2,1-3H3. The molecule has 1 aromatic rings. The largest absolute Gasteiger partial charge is 0.384 e. The zero-order valence-corrected chi connectivity index (χ0v) is 8.61. The summed E-state index contributed by atoms with van der Waals surface area (Å²) in [6.45, 7) is 5.65. The highest BCUT2D eigenvalue weighted by molar-refractivity contribution is 7.09. The zero-order chi connectivity index (χ0) is 9.19. The maximum absolute atomic E-state index is 9.61. The van der Waals surface area contributed by atoms with Crippen LogP contribution < -0.4 is 0 Å². The molecule has 0 saturated carbocycles. The van der Waals surface area contributed by atoms with Crippen molar-refractivity contribution in [2.75, 3.05) is 0 Å². The Hall–Kier alpha value is -0.410. The molecule has 0 fully saturated rings. The minimum atomic E-state index is -0.789. The molecule has 0 saturated heterocycles. The van der Waals surface area contributed by atoms with Crippen LogP contribution in [0.5, 0.6) is 0 Å². The van der Waals surface area contributed by atoms with Gasteiger partial charge in [-0.15, -0.1) is 11.3 Å². The highest BCUT2D eigenvalue weighted by Crippen LogP contribution is 2.22. The Labute approximate surface area is 77.3 Å². The Morgan fingerprint density at radius 2 is 2.25 bits per heavy atom. The smallest absolute Gasteiger partial charge is 0.102 e. The Balaban J connectivity index is 2.77. The molecule has 0 amide bonds. The van der Waals surface area contributed by atoms with Crippen LogP contribution in [0.25, 0.3) is 0 Å². The third-order valence-electron chi connectivity index (χ3n) is 1.64. The van der Waals surface area contributed by atoms with E-state index in [2.05, 4.69) is 11.9 Å². The number of rotatable bonds is 3. The molecule has 0 aliphatic heterocycles. The molecule has 1 aromatic heterocycles. The van der Waals surface area contributed by atoms with E-state index in [1.54, 1.807) is 25.2 Å². The number of hydrogen-bond acceptors (Lipinski definition) is 3.